The number of likely N-dealkylation sites (tertiary alicyclic amines) is 2. The Balaban J connectivity index is 1.28. The molecule has 27 heavy (non-hydrogen) atoms. The molecule has 0 bridgehead atoms. The van der Waals surface area contributed by atoms with Crippen LogP contribution in [-0.4, -0.2) is 47.0 Å². The number of nitrogens with zero attached hydrogens (tertiary/aromatic N) is 3. The molecule has 3 aliphatic rings. The first kappa shape index (κ1) is 17.4. The molecular formula is C24H31N3. The highest BCUT2D eigenvalue weighted by molar-refractivity contribution is 5.22. The summed E-state index contributed by atoms with van der Waals surface area (Å²) in [6, 6.07) is 16.4. The predicted octanol–water partition coefficient (Wildman–Crippen LogP) is 4.32. The molecule has 1 saturated carbocycles. The minimum absolute atomic E-state index is 0.521. The molecule has 0 N–H and O–H groups in total. The molecule has 5 rings (SSSR count). The van der Waals surface area contributed by atoms with Crippen molar-refractivity contribution in [3.05, 3.63) is 66.0 Å². The molecule has 3 fully saturated rings. The van der Waals surface area contributed by atoms with Gasteiger partial charge in [-0.3, -0.25) is 14.8 Å². The van der Waals surface area contributed by atoms with E-state index in [4.69, 9.17) is 0 Å². The van der Waals surface area contributed by atoms with Gasteiger partial charge in [-0.25, -0.2) is 0 Å². The Labute approximate surface area is 163 Å². The molecule has 0 radical (unpaired) electrons. The SMILES string of the molecule is c1ccc([C@H]2CN(C3CC3)CC3(CCN(Cc4cccnc4)CC3)C2)cc1. The van der Waals surface area contributed by atoms with Crippen LogP contribution >= 0.6 is 0 Å². The van der Waals surface area contributed by atoms with E-state index in [0.717, 1.165) is 12.6 Å². The van der Waals surface area contributed by atoms with Gasteiger partial charge in [0, 0.05) is 38.1 Å². The first-order valence-electron chi connectivity index (χ1n) is 10.7. The first-order chi connectivity index (χ1) is 13.3. The predicted molar refractivity (Wildman–Crippen MR) is 110 cm³/mol. The Kier molecular flexibility index (Phi) is 4.75. The summed E-state index contributed by atoms with van der Waals surface area (Å²) in [6.45, 7) is 6.12. The van der Waals surface area contributed by atoms with Crippen LogP contribution in [0.5, 0.6) is 0 Å². The molecule has 142 valence electrons. The largest absolute Gasteiger partial charge is 0.299 e. The van der Waals surface area contributed by atoms with Crippen molar-refractivity contribution in [1.82, 2.24) is 14.8 Å². The van der Waals surface area contributed by atoms with Crippen LogP contribution < -0.4 is 0 Å². The van der Waals surface area contributed by atoms with Crippen LogP contribution in [0.15, 0.2) is 54.9 Å². The smallest absolute Gasteiger partial charge is 0.0312 e. The molecule has 1 aromatic heterocycles. The second-order valence-electron chi connectivity index (χ2n) is 9.11. The van der Waals surface area contributed by atoms with E-state index < -0.39 is 0 Å². The lowest BCUT2D eigenvalue weighted by molar-refractivity contribution is 0.00829. The third kappa shape index (κ3) is 3.95. The van der Waals surface area contributed by atoms with Gasteiger partial charge in [0.15, 0.2) is 0 Å². The lowest BCUT2D eigenvalue weighted by atomic mass is 9.68. The van der Waals surface area contributed by atoms with E-state index in [9.17, 15) is 0 Å². The lowest BCUT2D eigenvalue weighted by Crippen LogP contribution is -2.52. The maximum Gasteiger partial charge on any atom is 0.0312 e. The van der Waals surface area contributed by atoms with E-state index in [1.165, 1.54) is 63.8 Å². The van der Waals surface area contributed by atoms with Gasteiger partial charge in [0.05, 0.1) is 0 Å². The third-order valence-electron chi connectivity index (χ3n) is 7.05. The Morgan fingerprint density at radius 2 is 1.81 bits per heavy atom. The summed E-state index contributed by atoms with van der Waals surface area (Å²) in [5.74, 6) is 0.713. The quantitative estimate of drug-likeness (QED) is 0.809. The Hall–Kier alpha value is -1.71. The zero-order valence-electron chi connectivity index (χ0n) is 16.3. The zero-order valence-corrected chi connectivity index (χ0v) is 16.3. The molecule has 3 nitrogen and oxygen atoms in total. The highest BCUT2D eigenvalue weighted by atomic mass is 15.2. The first-order valence-corrected chi connectivity index (χ1v) is 10.7. The van der Waals surface area contributed by atoms with Gasteiger partial charge in [-0.05, 0) is 73.7 Å². The molecule has 3 heterocycles. The van der Waals surface area contributed by atoms with Gasteiger partial charge in [0.25, 0.3) is 0 Å². The summed E-state index contributed by atoms with van der Waals surface area (Å²) in [6.07, 6.45) is 10.8. The molecule has 0 amide bonds. The molecule has 1 aromatic carbocycles. The van der Waals surface area contributed by atoms with Crippen LogP contribution in [0.25, 0.3) is 0 Å². The molecule has 2 saturated heterocycles. The van der Waals surface area contributed by atoms with Gasteiger partial charge in [0.2, 0.25) is 0 Å². The van der Waals surface area contributed by atoms with Gasteiger partial charge in [0.1, 0.15) is 0 Å². The Morgan fingerprint density at radius 1 is 1.00 bits per heavy atom. The Bertz CT molecular complexity index is 733. The van der Waals surface area contributed by atoms with Crippen molar-refractivity contribution >= 4 is 0 Å². The lowest BCUT2D eigenvalue weighted by Gasteiger charge is -2.50. The van der Waals surface area contributed by atoms with Gasteiger partial charge >= 0.3 is 0 Å². The highest BCUT2D eigenvalue weighted by Gasteiger charge is 2.45. The van der Waals surface area contributed by atoms with Crippen molar-refractivity contribution in [1.29, 1.82) is 0 Å². The monoisotopic (exact) mass is 361 g/mol. The molecule has 0 unspecified atom stereocenters. The van der Waals surface area contributed by atoms with Crippen molar-refractivity contribution in [2.45, 2.75) is 50.6 Å². The van der Waals surface area contributed by atoms with Gasteiger partial charge in [-0.2, -0.15) is 0 Å². The average molecular weight is 362 g/mol. The average Bonchev–Trinajstić information content (AvgIpc) is 3.57. The fraction of sp³-hybridized carbons (Fsp3) is 0.542. The van der Waals surface area contributed by atoms with Crippen LogP contribution in [0, 0.1) is 5.41 Å². The van der Waals surface area contributed by atoms with E-state index in [1.54, 1.807) is 5.56 Å². The summed E-state index contributed by atoms with van der Waals surface area (Å²) in [5, 5.41) is 0. The van der Waals surface area contributed by atoms with Crippen LogP contribution in [-0.2, 0) is 6.54 Å². The normalized spacial score (nSPS) is 26.3. The number of hydrogen-bond acceptors (Lipinski definition) is 3. The molecule has 1 aliphatic carbocycles. The van der Waals surface area contributed by atoms with Gasteiger partial charge < -0.3 is 0 Å². The maximum absolute atomic E-state index is 4.28. The Morgan fingerprint density at radius 3 is 2.52 bits per heavy atom. The topological polar surface area (TPSA) is 19.4 Å². The summed E-state index contributed by atoms with van der Waals surface area (Å²) >= 11 is 0. The van der Waals surface area contributed by atoms with Crippen molar-refractivity contribution in [3.8, 4) is 0 Å². The van der Waals surface area contributed by atoms with E-state index in [2.05, 4.69) is 57.2 Å². The van der Waals surface area contributed by atoms with Crippen LogP contribution in [0.3, 0.4) is 0 Å². The molecule has 2 aliphatic heterocycles. The maximum atomic E-state index is 4.28. The fourth-order valence-electron chi connectivity index (χ4n) is 5.39. The fourth-order valence-corrected chi connectivity index (χ4v) is 5.39. The van der Waals surface area contributed by atoms with Crippen LogP contribution in [0.2, 0.25) is 0 Å². The molecule has 1 spiro atoms. The second-order valence-corrected chi connectivity index (χ2v) is 9.11. The van der Waals surface area contributed by atoms with E-state index in [1.807, 2.05) is 12.4 Å². The molecule has 3 heteroatoms. The van der Waals surface area contributed by atoms with Crippen molar-refractivity contribution < 1.29 is 0 Å². The van der Waals surface area contributed by atoms with E-state index in [0.29, 0.717) is 11.3 Å². The van der Waals surface area contributed by atoms with Crippen LogP contribution in [0.1, 0.15) is 49.1 Å². The van der Waals surface area contributed by atoms with Crippen molar-refractivity contribution in [3.63, 3.8) is 0 Å². The molecular weight excluding hydrogens is 330 g/mol. The van der Waals surface area contributed by atoms with Crippen LogP contribution in [0.4, 0.5) is 0 Å². The minimum atomic E-state index is 0.521. The van der Waals surface area contributed by atoms with Crippen molar-refractivity contribution in [2.24, 2.45) is 5.41 Å². The molecule has 2 aromatic rings. The highest BCUT2D eigenvalue weighted by Crippen LogP contribution is 2.47. The molecule has 1 atom stereocenters. The third-order valence-corrected chi connectivity index (χ3v) is 7.05. The van der Waals surface area contributed by atoms with Gasteiger partial charge in [-0.15, -0.1) is 0 Å². The number of piperidine rings is 2. The summed E-state index contributed by atoms with van der Waals surface area (Å²) < 4.78 is 0. The number of hydrogen-bond donors (Lipinski definition) is 0. The second kappa shape index (κ2) is 7.37. The standard InChI is InChI=1S/C24H31N3/c1-2-6-21(7-3-1)22-15-24(19-27(18-22)23-8-9-23)10-13-26(14-11-24)17-20-5-4-12-25-16-20/h1-7,12,16,22-23H,8-11,13-15,17-19H2/t22-/m1/s1. The number of pyridine rings is 1. The summed E-state index contributed by atoms with van der Waals surface area (Å²) in [4.78, 5) is 9.76. The number of aromatic nitrogens is 1. The van der Waals surface area contributed by atoms with Crippen molar-refractivity contribution in [2.75, 3.05) is 26.2 Å². The summed E-state index contributed by atoms with van der Waals surface area (Å²) in [7, 11) is 0. The van der Waals surface area contributed by atoms with E-state index >= 15 is 0 Å². The number of benzene rings is 1. The minimum Gasteiger partial charge on any atom is -0.299 e. The summed E-state index contributed by atoms with van der Waals surface area (Å²) in [5.41, 5.74) is 3.42. The van der Waals surface area contributed by atoms with Gasteiger partial charge in [-0.1, -0.05) is 36.4 Å². The van der Waals surface area contributed by atoms with E-state index in [-0.39, 0.29) is 0 Å². The zero-order chi connectivity index (χ0) is 18.1. The number of rotatable bonds is 4.